The van der Waals surface area contributed by atoms with Crippen LogP contribution in [0.4, 0.5) is 0 Å². The smallest absolute Gasteiger partial charge is 0.327 e. The van der Waals surface area contributed by atoms with E-state index in [1.54, 1.807) is 6.82 Å². The van der Waals surface area contributed by atoms with Crippen molar-refractivity contribution in [2.75, 3.05) is 12.8 Å². The van der Waals surface area contributed by atoms with E-state index in [1.165, 1.54) is 0 Å². The molecule has 0 aromatic heterocycles. The van der Waals surface area contributed by atoms with Crippen molar-refractivity contribution in [3.8, 4) is 0 Å². The fourth-order valence-corrected chi connectivity index (χ4v) is 0.695. The van der Waals surface area contributed by atoms with Crippen molar-refractivity contribution in [3.63, 3.8) is 0 Å². The Morgan fingerprint density at radius 1 is 1.67 bits per heavy atom. The van der Waals surface area contributed by atoms with Crippen LogP contribution in [-0.2, 0) is 9.22 Å². The van der Waals surface area contributed by atoms with Crippen LogP contribution < -0.4 is 0 Å². The molecule has 54 valence electrons. The predicted octanol–water partition coefficient (Wildman–Crippen LogP) is -0.420. The third-order valence-corrected chi connectivity index (χ3v) is 1.50. The van der Waals surface area contributed by atoms with Crippen LogP contribution in [0.25, 0.3) is 0 Å². The standard InChI is InChI=1S/C3H10BO4P/c1-4-8-2-3-9(5,6)7/h4H,2-3H2,1H3,(H2,5,6,7). The summed E-state index contributed by atoms with van der Waals surface area (Å²) in [5.41, 5.74) is 0. The van der Waals surface area contributed by atoms with Gasteiger partial charge >= 0.3 is 7.60 Å². The summed E-state index contributed by atoms with van der Waals surface area (Å²) in [5.74, 6) is 0. The highest BCUT2D eigenvalue weighted by Crippen LogP contribution is 2.33. The Morgan fingerprint density at radius 3 is 2.56 bits per heavy atom. The minimum absolute atomic E-state index is 0.140. The second kappa shape index (κ2) is 4.06. The summed E-state index contributed by atoms with van der Waals surface area (Å²) in [6, 6.07) is 0. The van der Waals surface area contributed by atoms with Crippen LogP contribution in [0.3, 0.4) is 0 Å². The lowest BCUT2D eigenvalue weighted by Crippen LogP contribution is -2.01. The van der Waals surface area contributed by atoms with Gasteiger partial charge in [-0.3, -0.25) is 4.57 Å². The summed E-state index contributed by atoms with van der Waals surface area (Å²) in [5, 5.41) is 0. The van der Waals surface area contributed by atoms with Gasteiger partial charge in [-0.1, -0.05) is 6.82 Å². The molecule has 0 aromatic carbocycles. The van der Waals surface area contributed by atoms with Gasteiger partial charge in [-0.2, -0.15) is 0 Å². The minimum Gasteiger partial charge on any atom is -0.439 e. The van der Waals surface area contributed by atoms with Crippen LogP contribution in [0, 0.1) is 0 Å². The second-order valence-electron chi connectivity index (χ2n) is 1.59. The largest absolute Gasteiger partial charge is 0.439 e. The lowest BCUT2D eigenvalue weighted by molar-refractivity contribution is 0.329. The monoisotopic (exact) mass is 152 g/mol. The molecule has 0 bridgehead atoms. The molecular formula is C3H10BO4P. The molecule has 0 fully saturated rings. The van der Waals surface area contributed by atoms with Crippen LogP contribution >= 0.6 is 7.60 Å². The van der Waals surface area contributed by atoms with Crippen molar-refractivity contribution in [2.45, 2.75) is 6.82 Å². The molecule has 6 heteroatoms. The number of hydrogen-bond acceptors (Lipinski definition) is 2. The summed E-state index contributed by atoms with van der Waals surface area (Å²) in [7, 11) is -3.32. The maximum atomic E-state index is 10.1. The van der Waals surface area contributed by atoms with Crippen LogP contribution in [-0.4, -0.2) is 30.0 Å². The summed E-state index contributed by atoms with van der Waals surface area (Å²) in [6.45, 7) is 1.92. The first-order valence-corrected chi connectivity index (χ1v) is 4.48. The zero-order valence-electron chi connectivity index (χ0n) is 5.28. The van der Waals surface area contributed by atoms with Gasteiger partial charge in [-0.15, -0.1) is 0 Å². The summed E-state index contributed by atoms with van der Waals surface area (Å²) in [6.07, 6.45) is -0.180. The molecule has 0 aromatic rings. The average Bonchev–Trinajstić information content (AvgIpc) is 1.63. The predicted molar refractivity (Wildman–Crippen MR) is 35.9 cm³/mol. The highest BCUT2D eigenvalue weighted by Gasteiger charge is 2.10. The molecule has 0 unspecified atom stereocenters. The van der Waals surface area contributed by atoms with Crippen molar-refractivity contribution in [1.29, 1.82) is 0 Å². The van der Waals surface area contributed by atoms with Crippen molar-refractivity contribution < 1.29 is 19.0 Å². The first kappa shape index (κ1) is 9.17. The molecule has 0 radical (unpaired) electrons. The van der Waals surface area contributed by atoms with Gasteiger partial charge in [0.15, 0.2) is 0 Å². The molecule has 0 heterocycles. The van der Waals surface area contributed by atoms with Crippen LogP contribution in [0.2, 0.25) is 6.82 Å². The van der Waals surface area contributed by atoms with E-state index in [2.05, 4.69) is 0 Å². The molecule has 4 nitrogen and oxygen atoms in total. The second-order valence-corrected chi connectivity index (χ2v) is 3.36. The molecule has 0 saturated heterocycles. The normalized spacial score (nSPS) is 11.4. The van der Waals surface area contributed by atoms with E-state index >= 15 is 0 Å². The molecule has 9 heavy (non-hydrogen) atoms. The zero-order chi connectivity index (χ0) is 7.33. The van der Waals surface area contributed by atoms with Gasteiger partial charge in [0.2, 0.25) is 0 Å². The van der Waals surface area contributed by atoms with E-state index in [1.807, 2.05) is 0 Å². The van der Waals surface area contributed by atoms with Gasteiger partial charge in [0.25, 0.3) is 7.48 Å². The molecule has 0 amide bonds. The molecule has 0 atom stereocenters. The maximum absolute atomic E-state index is 10.1. The van der Waals surface area contributed by atoms with Crippen LogP contribution in [0.15, 0.2) is 0 Å². The van der Waals surface area contributed by atoms with Crippen molar-refractivity contribution >= 4 is 15.1 Å². The number of hydrogen-bond donors (Lipinski definition) is 2. The molecule has 0 saturated carbocycles. The van der Waals surface area contributed by atoms with Gasteiger partial charge in [-0.25, -0.2) is 0 Å². The van der Waals surface area contributed by atoms with Crippen molar-refractivity contribution in [3.05, 3.63) is 0 Å². The van der Waals surface area contributed by atoms with E-state index < -0.39 is 7.60 Å². The first-order chi connectivity index (χ1) is 4.06. The Morgan fingerprint density at radius 2 is 2.22 bits per heavy atom. The van der Waals surface area contributed by atoms with E-state index in [0.29, 0.717) is 7.48 Å². The van der Waals surface area contributed by atoms with Gasteiger partial charge in [0.1, 0.15) is 0 Å². The summed E-state index contributed by atoms with van der Waals surface area (Å²) >= 11 is 0. The van der Waals surface area contributed by atoms with E-state index in [0.717, 1.165) is 0 Å². The molecule has 2 N–H and O–H groups in total. The quantitative estimate of drug-likeness (QED) is 0.326. The van der Waals surface area contributed by atoms with E-state index in [9.17, 15) is 4.57 Å². The fourth-order valence-electron chi connectivity index (χ4n) is 0.328. The third-order valence-electron chi connectivity index (χ3n) is 0.731. The van der Waals surface area contributed by atoms with Gasteiger partial charge in [0, 0.05) is 6.61 Å². The Kier molecular flexibility index (Phi) is 4.14. The molecule has 0 spiro atoms. The van der Waals surface area contributed by atoms with Crippen LogP contribution in [0.1, 0.15) is 0 Å². The first-order valence-electron chi connectivity index (χ1n) is 2.68. The minimum atomic E-state index is -3.82. The molecule has 0 aliphatic rings. The fraction of sp³-hybridized carbons (Fsp3) is 1.00. The van der Waals surface area contributed by atoms with Crippen LogP contribution in [0.5, 0.6) is 0 Å². The summed E-state index contributed by atoms with van der Waals surface area (Å²) < 4.78 is 14.8. The topological polar surface area (TPSA) is 66.8 Å². The number of rotatable bonds is 4. The third kappa shape index (κ3) is 8.17. The van der Waals surface area contributed by atoms with Gasteiger partial charge < -0.3 is 14.4 Å². The van der Waals surface area contributed by atoms with E-state index in [-0.39, 0.29) is 12.8 Å². The molecule has 0 aliphatic heterocycles. The molecular weight excluding hydrogens is 142 g/mol. The Labute approximate surface area is 54.7 Å². The van der Waals surface area contributed by atoms with Crippen molar-refractivity contribution in [2.24, 2.45) is 0 Å². The Balaban J connectivity index is 3.18. The van der Waals surface area contributed by atoms with E-state index in [4.69, 9.17) is 14.4 Å². The molecule has 0 rings (SSSR count). The summed E-state index contributed by atoms with van der Waals surface area (Å²) in [4.78, 5) is 16.6. The SMILES string of the molecule is CBOCCP(=O)(O)O. The lowest BCUT2D eigenvalue weighted by atomic mass is 10.1. The Hall–Kier alpha value is 0.175. The van der Waals surface area contributed by atoms with Crippen molar-refractivity contribution in [1.82, 2.24) is 0 Å². The molecule has 0 aliphatic carbocycles. The lowest BCUT2D eigenvalue weighted by Gasteiger charge is -2.01. The highest BCUT2D eigenvalue weighted by molar-refractivity contribution is 7.51. The zero-order valence-corrected chi connectivity index (χ0v) is 6.17. The maximum Gasteiger partial charge on any atom is 0.327 e. The highest BCUT2D eigenvalue weighted by atomic mass is 31.2. The van der Waals surface area contributed by atoms with Gasteiger partial charge in [-0.05, 0) is 0 Å². The Bertz CT molecular complexity index is 110. The average molecular weight is 152 g/mol. The van der Waals surface area contributed by atoms with Gasteiger partial charge in [0.05, 0.1) is 6.16 Å².